The summed E-state index contributed by atoms with van der Waals surface area (Å²) in [5.74, 6) is -0.428. The fourth-order valence-corrected chi connectivity index (χ4v) is 4.87. The summed E-state index contributed by atoms with van der Waals surface area (Å²) in [6.45, 7) is 0.463. The molecule has 1 atom stereocenters. The third kappa shape index (κ3) is 4.25. The van der Waals surface area contributed by atoms with Gasteiger partial charge in [0.15, 0.2) is 0 Å². The second kappa shape index (κ2) is 7.62. The molecule has 1 unspecified atom stereocenters. The van der Waals surface area contributed by atoms with E-state index >= 15 is 0 Å². The van der Waals surface area contributed by atoms with Crippen molar-refractivity contribution in [2.24, 2.45) is 0 Å². The third-order valence-corrected chi connectivity index (χ3v) is 7.49. The van der Waals surface area contributed by atoms with Crippen LogP contribution in [0, 0.1) is 5.82 Å². The van der Waals surface area contributed by atoms with E-state index in [1.54, 1.807) is 35.8 Å². The van der Waals surface area contributed by atoms with Crippen LogP contribution in [0.2, 0.25) is 0 Å². The number of hydrogen-bond acceptors (Lipinski definition) is 3. The van der Waals surface area contributed by atoms with Crippen molar-refractivity contribution in [3.8, 4) is 10.4 Å². The Morgan fingerprint density at radius 1 is 1.28 bits per heavy atom. The van der Waals surface area contributed by atoms with Gasteiger partial charge in [-0.25, -0.2) is 4.39 Å². The van der Waals surface area contributed by atoms with Gasteiger partial charge in [0.2, 0.25) is 5.91 Å². The van der Waals surface area contributed by atoms with E-state index in [4.69, 9.17) is 0 Å². The van der Waals surface area contributed by atoms with Gasteiger partial charge in [-0.1, -0.05) is 18.6 Å². The molecule has 1 saturated carbocycles. The number of rotatable bonds is 6. The standard InChI is InChI=1S/C19H20FNO2S2/c1-25(23)19(11-2-12-19)13-21-18(22)10-8-16-7-9-17(24-16)14-3-5-15(20)6-4-14/h3-10H,2,11-13H2,1H3,(H,21,22). The van der Waals surface area contributed by atoms with Gasteiger partial charge in [0.1, 0.15) is 5.82 Å². The monoisotopic (exact) mass is 377 g/mol. The van der Waals surface area contributed by atoms with Crippen molar-refractivity contribution < 1.29 is 13.4 Å². The summed E-state index contributed by atoms with van der Waals surface area (Å²) < 4.78 is 24.6. The lowest BCUT2D eigenvalue weighted by Crippen LogP contribution is -2.50. The second-order valence-corrected chi connectivity index (χ2v) is 9.14. The summed E-state index contributed by atoms with van der Waals surface area (Å²) in [7, 11) is -0.922. The average Bonchev–Trinajstić information content (AvgIpc) is 3.01. The molecule has 0 spiro atoms. The highest BCUT2D eigenvalue weighted by atomic mass is 32.2. The highest BCUT2D eigenvalue weighted by Gasteiger charge is 2.40. The zero-order valence-corrected chi connectivity index (χ0v) is 15.6. The molecule has 1 heterocycles. The molecule has 0 bridgehead atoms. The molecule has 0 radical (unpaired) electrons. The third-order valence-electron chi connectivity index (χ3n) is 4.61. The molecule has 132 valence electrons. The molecule has 1 amide bonds. The molecule has 1 aliphatic carbocycles. The summed E-state index contributed by atoms with van der Waals surface area (Å²) >= 11 is 1.54. The first kappa shape index (κ1) is 18.0. The van der Waals surface area contributed by atoms with Crippen LogP contribution in [0.1, 0.15) is 24.1 Å². The van der Waals surface area contributed by atoms with Gasteiger partial charge >= 0.3 is 0 Å². The van der Waals surface area contributed by atoms with E-state index in [2.05, 4.69) is 5.32 Å². The number of amides is 1. The van der Waals surface area contributed by atoms with Gasteiger partial charge in [-0.15, -0.1) is 11.3 Å². The number of halogens is 1. The predicted octanol–water partition coefficient (Wildman–Crippen LogP) is 3.98. The topological polar surface area (TPSA) is 46.2 Å². The number of benzene rings is 1. The van der Waals surface area contributed by atoms with E-state index in [1.165, 1.54) is 18.2 Å². The highest BCUT2D eigenvalue weighted by molar-refractivity contribution is 7.85. The van der Waals surface area contributed by atoms with Crippen LogP contribution in [0.5, 0.6) is 0 Å². The lowest BCUT2D eigenvalue weighted by atomic mass is 9.84. The Bertz CT molecular complexity index is 807. The summed E-state index contributed by atoms with van der Waals surface area (Å²) in [5, 5.41) is 2.87. The van der Waals surface area contributed by atoms with Gasteiger partial charge < -0.3 is 5.32 Å². The Kier molecular flexibility index (Phi) is 5.49. The van der Waals surface area contributed by atoms with Crippen molar-refractivity contribution in [1.82, 2.24) is 5.32 Å². The molecule has 1 aromatic carbocycles. The minimum atomic E-state index is -0.922. The van der Waals surface area contributed by atoms with Gasteiger partial charge in [-0.3, -0.25) is 9.00 Å². The molecule has 1 N–H and O–H groups in total. The minimum Gasteiger partial charge on any atom is -0.351 e. The van der Waals surface area contributed by atoms with Crippen LogP contribution >= 0.6 is 11.3 Å². The molecular weight excluding hydrogens is 357 g/mol. The Morgan fingerprint density at radius 3 is 2.60 bits per heavy atom. The summed E-state index contributed by atoms with van der Waals surface area (Å²) in [4.78, 5) is 14.0. The highest BCUT2D eigenvalue weighted by Crippen LogP contribution is 2.36. The van der Waals surface area contributed by atoms with Gasteiger partial charge in [-0.2, -0.15) is 0 Å². The van der Waals surface area contributed by atoms with Crippen molar-refractivity contribution in [1.29, 1.82) is 0 Å². The van der Waals surface area contributed by atoms with E-state index in [1.807, 2.05) is 12.1 Å². The summed E-state index contributed by atoms with van der Waals surface area (Å²) in [6.07, 6.45) is 7.88. The number of carbonyl (C=O) groups excluding carboxylic acids is 1. The predicted molar refractivity (Wildman–Crippen MR) is 102 cm³/mol. The second-order valence-electron chi connectivity index (χ2n) is 6.25. The van der Waals surface area contributed by atoms with Crippen LogP contribution < -0.4 is 5.32 Å². The molecule has 6 heteroatoms. The number of thiophene rings is 1. The lowest BCUT2D eigenvalue weighted by molar-refractivity contribution is -0.116. The molecule has 3 nitrogen and oxygen atoms in total. The Morgan fingerprint density at radius 2 is 2.00 bits per heavy atom. The van der Waals surface area contributed by atoms with Crippen molar-refractivity contribution in [3.63, 3.8) is 0 Å². The van der Waals surface area contributed by atoms with Gasteiger partial charge in [0.25, 0.3) is 0 Å². The Balaban J connectivity index is 1.58. The first-order valence-electron chi connectivity index (χ1n) is 8.14. The molecule has 2 aromatic rings. The maximum atomic E-state index is 13.0. The SMILES string of the molecule is CS(=O)C1(CNC(=O)C=Cc2ccc(-c3ccc(F)cc3)s2)CCC1. The molecule has 25 heavy (non-hydrogen) atoms. The maximum absolute atomic E-state index is 13.0. The van der Waals surface area contributed by atoms with E-state index in [0.717, 1.165) is 34.6 Å². The molecule has 1 aromatic heterocycles. The molecule has 1 fully saturated rings. The van der Waals surface area contributed by atoms with Crippen molar-refractivity contribution in [3.05, 3.63) is 53.2 Å². The summed E-state index contributed by atoms with van der Waals surface area (Å²) in [6, 6.07) is 10.2. The zero-order valence-electron chi connectivity index (χ0n) is 14.0. The fraction of sp³-hybridized carbons (Fsp3) is 0.316. The van der Waals surface area contributed by atoms with Crippen LogP contribution in [0.25, 0.3) is 16.5 Å². The normalized spacial score (nSPS) is 17.2. The lowest BCUT2D eigenvalue weighted by Gasteiger charge is -2.39. The maximum Gasteiger partial charge on any atom is 0.244 e. The van der Waals surface area contributed by atoms with Gasteiger partial charge in [0, 0.05) is 39.4 Å². The van der Waals surface area contributed by atoms with E-state index in [9.17, 15) is 13.4 Å². The van der Waals surface area contributed by atoms with Gasteiger partial charge in [-0.05, 0) is 48.7 Å². The van der Waals surface area contributed by atoms with Crippen molar-refractivity contribution in [2.75, 3.05) is 12.8 Å². The number of carbonyl (C=O) groups is 1. The van der Waals surface area contributed by atoms with Crippen LogP contribution in [0.4, 0.5) is 4.39 Å². The quantitative estimate of drug-likeness (QED) is 0.774. The van der Waals surface area contributed by atoms with Gasteiger partial charge in [0.05, 0.1) is 4.75 Å². The molecule has 0 saturated heterocycles. The van der Waals surface area contributed by atoms with E-state index < -0.39 is 10.8 Å². The summed E-state index contributed by atoms with van der Waals surface area (Å²) in [5.41, 5.74) is 0.952. The van der Waals surface area contributed by atoms with E-state index in [-0.39, 0.29) is 16.5 Å². The molecular formula is C19H20FNO2S2. The Hall–Kier alpha value is -1.79. The molecule has 1 aliphatic rings. The Labute approximate surface area is 153 Å². The van der Waals surface area contributed by atoms with Crippen LogP contribution in [-0.2, 0) is 15.6 Å². The zero-order chi connectivity index (χ0) is 17.9. The first-order chi connectivity index (χ1) is 12.0. The number of nitrogens with one attached hydrogen (secondary N) is 1. The van der Waals surface area contributed by atoms with Crippen molar-refractivity contribution >= 4 is 34.1 Å². The van der Waals surface area contributed by atoms with E-state index in [0.29, 0.717) is 6.54 Å². The fourth-order valence-electron chi connectivity index (χ4n) is 2.81. The number of hydrogen-bond donors (Lipinski definition) is 1. The first-order valence-corrected chi connectivity index (χ1v) is 10.5. The van der Waals surface area contributed by atoms with Crippen molar-refractivity contribution in [2.45, 2.75) is 24.0 Å². The largest absolute Gasteiger partial charge is 0.351 e. The minimum absolute atomic E-state index is 0.173. The smallest absolute Gasteiger partial charge is 0.244 e. The van der Waals surface area contributed by atoms with Crippen LogP contribution in [-0.4, -0.2) is 27.7 Å². The molecule has 3 rings (SSSR count). The average molecular weight is 378 g/mol. The molecule has 0 aliphatic heterocycles. The van der Waals surface area contributed by atoms with Crippen LogP contribution in [0.15, 0.2) is 42.5 Å². The van der Waals surface area contributed by atoms with Crippen LogP contribution in [0.3, 0.4) is 0 Å².